The minimum atomic E-state index is -0.0783. The molecular weight excluding hydrogens is 511 g/mol. The summed E-state index contributed by atoms with van der Waals surface area (Å²) in [6.45, 7) is 0. The molecule has 0 saturated heterocycles. The van der Waals surface area contributed by atoms with Crippen molar-refractivity contribution in [1.29, 1.82) is 0 Å². The number of hydrogen-bond acceptors (Lipinski definition) is 2. The average molecular weight is 532 g/mol. The topological polar surface area (TPSA) is 17.3 Å². The molecule has 1 aliphatic carbocycles. The van der Waals surface area contributed by atoms with Gasteiger partial charge >= 0.3 is 0 Å². The van der Waals surface area contributed by atoms with Crippen LogP contribution in [0.4, 0.5) is 5.69 Å². The lowest BCUT2D eigenvalue weighted by Gasteiger charge is -2.43. The molecule has 0 amide bonds. The molecule has 1 saturated carbocycles. The van der Waals surface area contributed by atoms with Crippen LogP contribution in [0.15, 0.2) is 89.2 Å². The Hall–Kier alpha value is -1.85. The molecule has 0 bridgehead atoms. The van der Waals surface area contributed by atoms with Gasteiger partial charge in [-0.1, -0.05) is 72.1 Å². The molecule has 0 atom stereocenters. The molecule has 31 heavy (non-hydrogen) atoms. The molecule has 5 rings (SSSR count). The van der Waals surface area contributed by atoms with E-state index in [0.717, 1.165) is 29.0 Å². The number of nitrogens with zero attached hydrogens (tertiary/aromatic N) is 2. The Morgan fingerprint density at radius 2 is 1.52 bits per heavy atom. The van der Waals surface area contributed by atoms with Crippen molar-refractivity contribution < 1.29 is 0 Å². The largest absolute Gasteiger partial charge is 0.289 e. The minimum Gasteiger partial charge on any atom is -0.289 e. The summed E-state index contributed by atoms with van der Waals surface area (Å²) in [5.41, 5.74) is 4.47. The third kappa shape index (κ3) is 4.14. The van der Waals surface area contributed by atoms with E-state index in [2.05, 4.69) is 40.3 Å². The van der Waals surface area contributed by atoms with Crippen LogP contribution in [0.1, 0.15) is 30.5 Å². The van der Waals surface area contributed by atoms with Gasteiger partial charge in [-0.3, -0.25) is 4.57 Å². The zero-order chi connectivity index (χ0) is 20.6. The Bertz CT molecular complexity index is 1250. The first-order valence-corrected chi connectivity index (χ1v) is 11.6. The predicted octanol–water partition coefficient (Wildman–Crippen LogP) is 8.13. The average Bonchev–Trinajstić information content (AvgIpc) is 3.15. The molecule has 1 fully saturated rings. The maximum absolute atomic E-state index is 6.40. The second-order valence-electron chi connectivity index (χ2n) is 7.59. The van der Waals surface area contributed by atoms with Gasteiger partial charge in [-0.2, -0.15) is 0 Å². The van der Waals surface area contributed by atoms with Gasteiger partial charge in [0.25, 0.3) is 0 Å². The maximum Gasteiger partial charge on any atom is 0.194 e. The van der Waals surface area contributed by atoms with E-state index in [9.17, 15) is 0 Å². The van der Waals surface area contributed by atoms with E-state index in [1.165, 1.54) is 17.7 Å². The first-order valence-electron chi connectivity index (χ1n) is 9.99. The number of thiazole rings is 1. The molecule has 1 heterocycles. The van der Waals surface area contributed by atoms with Crippen LogP contribution in [0.25, 0.3) is 5.69 Å². The smallest absolute Gasteiger partial charge is 0.194 e. The molecule has 1 aromatic heterocycles. The van der Waals surface area contributed by atoms with Crippen molar-refractivity contribution in [3.63, 3.8) is 0 Å². The third-order valence-corrected chi connectivity index (χ3v) is 7.44. The van der Waals surface area contributed by atoms with E-state index in [1.54, 1.807) is 11.3 Å². The van der Waals surface area contributed by atoms with Gasteiger partial charge < -0.3 is 0 Å². The zero-order valence-corrected chi connectivity index (χ0v) is 20.7. The van der Waals surface area contributed by atoms with Crippen molar-refractivity contribution in [3.8, 4) is 5.69 Å². The first-order chi connectivity index (χ1) is 14.7. The number of hydrogen-bond donors (Lipinski definition) is 0. The van der Waals surface area contributed by atoms with Crippen molar-refractivity contribution in [2.45, 2.75) is 24.7 Å². The van der Waals surface area contributed by atoms with Gasteiger partial charge in [0.2, 0.25) is 0 Å². The lowest BCUT2D eigenvalue weighted by atomic mass is 9.62. The highest BCUT2D eigenvalue weighted by atomic mass is 79.9. The van der Waals surface area contributed by atoms with E-state index in [1.807, 2.05) is 48.5 Å². The molecule has 1 aliphatic rings. The van der Waals surface area contributed by atoms with Crippen LogP contribution in [0.2, 0.25) is 10.0 Å². The zero-order valence-electron chi connectivity index (χ0n) is 16.7. The molecule has 0 unspecified atom stereocenters. The van der Waals surface area contributed by atoms with Crippen LogP contribution in [-0.4, -0.2) is 4.57 Å². The highest BCUT2D eigenvalue weighted by Gasteiger charge is 2.43. The standard InChI is InChI=1S/C25H20Cl2N2S.BrH/c26-21-13-12-18(16-22(21)27)25(14-7-15-25)23-17-30-24(28-19-8-3-1-4-9-19)29(23)20-10-5-2-6-11-20;/h1-6,8-13,16-17H,7,14-15H2;1H. The van der Waals surface area contributed by atoms with Crippen molar-refractivity contribution in [1.82, 2.24) is 4.57 Å². The van der Waals surface area contributed by atoms with Gasteiger partial charge in [0.15, 0.2) is 4.80 Å². The normalized spacial score (nSPS) is 15.2. The second kappa shape index (κ2) is 9.33. The Morgan fingerprint density at radius 3 is 2.13 bits per heavy atom. The molecule has 0 N–H and O–H groups in total. The molecule has 0 spiro atoms. The lowest BCUT2D eigenvalue weighted by molar-refractivity contribution is 0.289. The van der Waals surface area contributed by atoms with Gasteiger partial charge in [-0.15, -0.1) is 28.3 Å². The molecular formula is C25H21BrCl2N2S. The quantitative estimate of drug-likeness (QED) is 0.253. The second-order valence-corrected chi connectivity index (χ2v) is 9.24. The van der Waals surface area contributed by atoms with Gasteiger partial charge in [0.05, 0.1) is 15.7 Å². The van der Waals surface area contributed by atoms with Crippen LogP contribution in [0.3, 0.4) is 0 Å². The van der Waals surface area contributed by atoms with Gasteiger partial charge in [0, 0.05) is 22.2 Å². The summed E-state index contributed by atoms with van der Waals surface area (Å²) in [6, 6.07) is 26.6. The number of rotatable bonds is 4. The Balaban J connectivity index is 0.00000231. The monoisotopic (exact) mass is 530 g/mol. The summed E-state index contributed by atoms with van der Waals surface area (Å²) in [5, 5.41) is 3.46. The SMILES string of the molecule is Br.Clc1ccc(C2(c3csc(=Nc4ccccc4)n3-c3ccccc3)CCC2)cc1Cl. The molecule has 4 aromatic rings. The summed E-state index contributed by atoms with van der Waals surface area (Å²) in [7, 11) is 0. The molecule has 3 aromatic carbocycles. The Labute approximate surface area is 206 Å². The van der Waals surface area contributed by atoms with Crippen LogP contribution >= 0.6 is 51.5 Å². The number of benzene rings is 3. The van der Waals surface area contributed by atoms with Gasteiger partial charge in [0.1, 0.15) is 0 Å². The molecule has 6 heteroatoms. The third-order valence-electron chi connectivity index (χ3n) is 5.87. The van der Waals surface area contributed by atoms with Gasteiger partial charge in [-0.05, 0) is 54.8 Å². The van der Waals surface area contributed by atoms with Crippen LogP contribution in [0.5, 0.6) is 0 Å². The summed E-state index contributed by atoms with van der Waals surface area (Å²) < 4.78 is 2.30. The highest BCUT2D eigenvalue weighted by Crippen LogP contribution is 2.50. The van der Waals surface area contributed by atoms with Crippen molar-refractivity contribution in [2.24, 2.45) is 4.99 Å². The van der Waals surface area contributed by atoms with E-state index in [0.29, 0.717) is 10.0 Å². The van der Waals surface area contributed by atoms with E-state index < -0.39 is 0 Å². The Kier molecular flexibility index (Phi) is 6.73. The van der Waals surface area contributed by atoms with Crippen LogP contribution in [-0.2, 0) is 5.41 Å². The number of para-hydroxylation sites is 2. The molecule has 158 valence electrons. The lowest BCUT2D eigenvalue weighted by Crippen LogP contribution is -2.38. The van der Waals surface area contributed by atoms with Gasteiger partial charge in [-0.25, -0.2) is 4.99 Å². The van der Waals surface area contributed by atoms with Crippen LogP contribution < -0.4 is 4.80 Å². The van der Waals surface area contributed by atoms with Crippen molar-refractivity contribution >= 4 is 57.2 Å². The van der Waals surface area contributed by atoms with Crippen molar-refractivity contribution in [2.75, 3.05) is 0 Å². The summed E-state index contributed by atoms with van der Waals surface area (Å²) in [4.78, 5) is 5.94. The first kappa shape index (κ1) is 22.3. The number of aromatic nitrogens is 1. The van der Waals surface area contributed by atoms with E-state index in [-0.39, 0.29) is 22.4 Å². The summed E-state index contributed by atoms with van der Waals surface area (Å²) >= 11 is 14.3. The maximum atomic E-state index is 6.40. The number of halogens is 3. The fourth-order valence-electron chi connectivity index (χ4n) is 4.18. The molecule has 0 aliphatic heterocycles. The van der Waals surface area contributed by atoms with Crippen molar-refractivity contribution in [3.05, 3.63) is 110 Å². The fraction of sp³-hybridized carbons (Fsp3) is 0.160. The highest BCUT2D eigenvalue weighted by molar-refractivity contribution is 8.93. The van der Waals surface area contributed by atoms with E-state index in [4.69, 9.17) is 28.2 Å². The Morgan fingerprint density at radius 1 is 0.839 bits per heavy atom. The molecule has 0 radical (unpaired) electrons. The van der Waals surface area contributed by atoms with Crippen LogP contribution in [0, 0.1) is 0 Å². The summed E-state index contributed by atoms with van der Waals surface area (Å²) in [6.07, 6.45) is 3.36. The summed E-state index contributed by atoms with van der Waals surface area (Å²) in [5.74, 6) is 0. The van der Waals surface area contributed by atoms with E-state index >= 15 is 0 Å². The molecule has 2 nitrogen and oxygen atoms in total. The fourth-order valence-corrected chi connectivity index (χ4v) is 5.49. The predicted molar refractivity (Wildman–Crippen MR) is 137 cm³/mol. The minimum absolute atomic E-state index is 0.